The van der Waals surface area contributed by atoms with E-state index in [2.05, 4.69) is 10.3 Å². The standard InChI is InChI=1S/C11H15ClFN3/c12-8-5-9(11(14)16-6-8)10(13)7-1-3-15-4-2-7/h5-7,10,15H,1-4H2,(H2,14,16). The molecule has 0 saturated carbocycles. The van der Waals surface area contributed by atoms with Gasteiger partial charge in [-0.15, -0.1) is 0 Å². The second-order valence-corrected chi connectivity index (χ2v) is 4.55. The van der Waals surface area contributed by atoms with Crippen LogP contribution in [-0.2, 0) is 0 Å². The summed E-state index contributed by atoms with van der Waals surface area (Å²) in [5, 5.41) is 3.64. The molecule has 3 N–H and O–H groups in total. The third-order valence-electron chi connectivity index (χ3n) is 3.01. The minimum atomic E-state index is -1.06. The SMILES string of the molecule is Nc1ncc(Cl)cc1C(F)C1CCNCC1. The zero-order chi connectivity index (χ0) is 11.5. The second-order valence-electron chi connectivity index (χ2n) is 4.12. The predicted octanol–water partition coefficient (Wildman–Crippen LogP) is 2.33. The number of nitrogens with one attached hydrogen (secondary N) is 1. The van der Waals surface area contributed by atoms with Gasteiger partial charge in [-0.1, -0.05) is 11.6 Å². The highest BCUT2D eigenvalue weighted by atomic mass is 35.5. The van der Waals surface area contributed by atoms with Crippen LogP contribution in [0.4, 0.5) is 10.2 Å². The van der Waals surface area contributed by atoms with Crippen LogP contribution in [0.15, 0.2) is 12.3 Å². The van der Waals surface area contributed by atoms with Gasteiger partial charge < -0.3 is 11.1 Å². The number of nitrogen functional groups attached to an aromatic ring is 1. The molecule has 88 valence electrons. The topological polar surface area (TPSA) is 50.9 Å². The highest BCUT2D eigenvalue weighted by molar-refractivity contribution is 6.30. The largest absolute Gasteiger partial charge is 0.383 e. The van der Waals surface area contributed by atoms with Crippen molar-refractivity contribution in [2.75, 3.05) is 18.8 Å². The first-order chi connectivity index (χ1) is 7.68. The molecule has 1 aromatic heterocycles. The number of piperidine rings is 1. The Morgan fingerprint density at radius 1 is 1.50 bits per heavy atom. The van der Waals surface area contributed by atoms with Crippen LogP contribution in [0, 0.1) is 5.92 Å². The van der Waals surface area contributed by atoms with Crippen molar-refractivity contribution >= 4 is 17.4 Å². The van der Waals surface area contributed by atoms with Crippen LogP contribution in [-0.4, -0.2) is 18.1 Å². The molecule has 1 unspecified atom stereocenters. The number of halogens is 2. The molecule has 0 aromatic carbocycles. The van der Waals surface area contributed by atoms with E-state index in [1.165, 1.54) is 6.20 Å². The number of rotatable bonds is 2. The van der Waals surface area contributed by atoms with Crippen LogP contribution < -0.4 is 11.1 Å². The Balaban J connectivity index is 2.18. The number of hydrogen-bond acceptors (Lipinski definition) is 3. The Morgan fingerprint density at radius 3 is 2.88 bits per heavy atom. The molecule has 1 fully saturated rings. The van der Waals surface area contributed by atoms with Crippen molar-refractivity contribution < 1.29 is 4.39 Å². The molecule has 16 heavy (non-hydrogen) atoms. The van der Waals surface area contributed by atoms with Crippen molar-refractivity contribution in [3.63, 3.8) is 0 Å². The normalized spacial score (nSPS) is 19.6. The zero-order valence-electron chi connectivity index (χ0n) is 8.92. The van der Waals surface area contributed by atoms with E-state index in [-0.39, 0.29) is 11.7 Å². The van der Waals surface area contributed by atoms with E-state index in [0.29, 0.717) is 10.6 Å². The Morgan fingerprint density at radius 2 is 2.19 bits per heavy atom. The summed E-state index contributed by atoms with van der Waals surface area (Å²) in [4.78, 5) is 3.88. The van der Waals surface area contributed by atoms with Crippen LogP contribution in [0.1, 0.15) is 24.6 Å². The highest BCUT2D eigenvalue weighted by Gasteiger charge is 2.26. The van der Waals surface area contributed by atoms with E-state index < -0.39 is 6.17 Å². The molecule has 1 saturated heterocycles. The molecule has 0 aliphatic carbocycles. The summed E-state index contributed by atoms with van der Waals surface area (Å²) in [5.74, 6) is 0.263. The molecular weight excluding hydrogens is 229 g/mol. The smallest absolute Gasteiger partial charge is 0.132 e. The molecule has 0 bridgehead atoms. The Kier molecular flexibility index (Phi) is 3.61. The zero-order valence-corrected chi connectivity index (χ0v) is 9.67. The molecule has 0 radical (unpaired) electrons. The van der Waals surface area contributed by atoms with E-state index >= 15 is 0 Å². The van der Waals surface area contributed by atoms with Crippen molar-refractivity contribution in [3.8, 4) is 0 Å². The lowest BCUT2D eigenvalue weighted by Gasteiger charge is -2.26. The van der Waals surface area contributed by atoms with Crippen LogP contribution in [0.25, 0.3) is 0 Å². The number of alkyl halides is 1. The molecule has 1 aliphatic rings. The van der Waals surface area contributed by atoms with Gasteiger partial charge >= 0.3 is 0 Å². The number of nitrogens with zero attached hydrogens (tertiary/aromatic N) is 1. The molecule has 1 atom stereocenters. The van der Waals surface area contributed by atoms with Gasteiger partial charge in [0.15, 0.2) is 0 Å². The van der Waals surface area contributed by atoms with Gasteiger partial charge in [0.2, 0.25) is 0 Å². The minimum absolute atomic E-state index is 0.0174. The summed E-state index contributed by atoms with van der Waals surface area (Å²) in [5.41, 5.74) is 6.10. The van der Waals surface area contributed by atoms with Crippen molar-refractivity contribution in [3.05, 3.63) is 22.8 Å². The van der Waals surface area contributed by atoms with Crippen LogP contribution in [0.3, 0.4) is 0 Å². The molecule has 2 rings (SSSR count). The van der Waals surface area contributed by atoms with Crippen molar-refractivity contribution in [1.29, 1.82) is 0 Å². The first kappa shape index (κ1) is 11.6. The van der Waals surface area contributed by atoms with E-state index in [0.717, 1.165) is 25.9 Å². The number of pyridine rings is 1. The van der Waals surface area contributed by atoms with E-state index in [1.807, 2.05) is 0 Å². The second kappa shape index (κ2) is 4.97. The number of aromatic nitrogens is 1. The third kappa shape index (κ3) is 2.44. The van der Waals surface area contributed by atoms with Gasteiger partial charge in [0.05, 0.1) is 5.02 Å². The molecule has 1 aromatic rings. The maximum Gasteiger partial charge on any atom is 0.132 e. The van der Waals surface area contributed by atoms with Gasteiger partial charge in [0, 0.05) is 11.8 Å². The quantitative estimate of drug-likeness (QED) is 0.838. The molecule has 3 nitrogen and oxygen atoms in total. The van der Waals surface area contributed by atoms with Crippen LogP contribution in [0.2, 0.25) is 5.02 Å². The molecule has 1 aliphatic heterocycles. The summed E-state index contributed by atoms with van der Waals surface area (Å²) in [6.45, 7) is 1.72. The lowest BCUT2D eigenvalue weighted by Crippen LogP contribution is -2.30. The molecule has 0 spiro atoms. The van der Waals surface area contributed by atoms with E-state index in [4.69, 9.17) is 17.3 Å². The molecule has 0 amide bonds. The number of nitrogens with two attached hydrogens (primary N) is 1. The lowest BCUT2D eigenvalue weighted by molar-refractivity contribution is 0.191. The first-order valence-electron chi connectivity index (χ1n) is 5.44. The van der Waals surface area contributed by atoms with E-state index in [9.17, 15) is 4.39 Å². The number of hydrogen-bond donors (Lipinski definition) is 2. The number of anilines is 1. The summed E-state index contributed by atoms with van der Waals surface area (Å²) in [7, 11) is 0. The summed E-state index contributed by atoms with van der Waals surface area (Å²) >= 11 is 5.80. The fourth-order valence-corrected chi connectivity index (χ4v) is 2.24. The highest BCUT2D eigenvalue weighted by Crippen LogP contribution is 2.35. The van der Waals surface area contributed by atoms with Crippen LogP contribution in [0.5, 0.6) is 0 Å². The third-order valence-corrected chi connectivity index (χ3v) is 3.22. The summed E-state index contributed by atoms with van der Waals surface area (Å²) in [6, 6.07) is 1.58. The fraction of sp³-hybridized carbons (Fsp3) is 0.545. The average molecular weight is 244 g/mol. The van der Waals surface area contributed by atoms with Gasteiger partial charge in [0.1, 0.15) is 12.0 Å². The van der Waals surface area contributed by atoms with Crippen molar-refractivity contribution in [1.82, 2.24) is 10.3 Å². The minimum Gasteiger partial charge on any atom is -0.383 e. The molecular formula is C11H15ClFN3. The first-order valence-corrected chi connectivity index (χ1v) is 5.82. The van der Waals surface area contributed by atoms with Crippen LogP contribution >= 0.6 is 11.6 Å². The van der Waals surface area contributed by atoms with Crippen molar-refractivity contribution in [2.24, 2.45) is 5.92 Å². The van der Waals surface area contributed by atoms with Gasteiger partial charge in [-0.05, 0) is 37.9 Å². The van der Waals surface area contributed by atoms with E-state index in [1.54, 1.807) is 6.07 Å². The van der Waals surface area contributed by atoms with Crippen molar-refractivity contribution in [2.45, 2.75) is 19.0 Å². The summed E-state index contributed by atoms with van der Waals surface area (Å²) in [6.07, 6.45) is 2.03. The Hall–Kier alpha value is -0.870. The maximum absolute atomic E-state index is 14.3. The summed E-state index contributed by atoms with van der Waals surface area (Å²) < 4.78 is 14.3. The lowest BCUT2D eigenvalue weighted by atomic mass is 9.89. The predicted molar refractivity (Wildman–Crippen MR) is 63.1 cm³/mol. The van der Waals surface area contributed by atoms with Gasteiger partial charge in [0.25, 0.3) is 0 Å². The molecule has 2 heterocycles. The van der Waals surface area contributed by atoms with Gasteiger partial charge in [-0.25, -0.2) is 9.37 Å². The van der Waals surface area contributed by atoms with Gasteiger partial charge in [-0.3, -0.25) is 0 Å². The fourth-order valence-electron chi connectivity index (χ4n) is 2.08. The molecule has 5 heteroatoms. The maximum atomic E-state index is 14.3. The van der Waals surface area contributed by atoms with Gasteiger partial charge in [-0.2, -0.15) is 0 Å². The average Bonchev–Trinajstić information content (AvgIpc) is 2.32. The Bertz CT molecular complexity index is 366. The monoisotopic (exact) mass is 243 g/mol. The Labute approximate surface area is 99.2 Å².